The Bertz CT molecular complexity index is 712. The van der Waals surface area contributed by atoms with Gasteiger partial charge in [0.1, 0.15) is 8.07 Å². The summed E-state index contributed by atoms with van der Waals surface area (Å²) in [6.07, 6.45) is 9.55. The Labute approximate surface area is 127 Å². The molecule has 0 bridgehead atoms. The smallest absolute Gasteiger partial charge is 0.0675 e. The average Bonchev–Trinajstić information content (AvgIpc) is 3.11. The predicted octanol–water partition coefficient (Wildman–Crippen LogP) is 5.07. The standard InChI is InChI=1S/C20H18Si/c1-21(2,19-11-15-7-3-4-8-16(15)12-19)20-13-17-9-5-6-10-18(17)14-20/h3-14H,1-2H3. The van der Waals surface area contributed by atoms with Gasteiger partial charge in [0.15, 0.2) is 0 Å². The van der Waals surface area contributed by atoms with Crippen LogP contribution >= 0.6 is 0 Å². The second-order valence-corrected chi connectivity index (χ2v) is 10.8. The minimum absolute atomic E-state index is 1.36. The van der Waals surface area contributed by atoms with Crippen LogP contribution in [-0.4, -0.2) is 8.07 Å². The number of rotatable bonds is 2. The summed E-state index contributed by atoms with van der Waals surface area (Å²) in [7, 11) is -1.62. The van der Waals surface area contributed by atoms with E-state index in [9.17, 15) is 0 Å². The summed E-state index contributed by atoms with van der Waals surface area (Å²) in [4.78, 5) is 0. The summed E-state index contributed by atoms with van der Waals surface area (Å²) in [5, 5.41) is 3.05. The first-order valence-electron chi connectivity index (χ1n) is 7.46. The van der Waals surface area contributed by atoms with Crippen LogP contribution in [0.1, 0.15) is 22.3 Å². The van der Waals surface area contributed by atoms with Gasteiger partial charge in [0.05, 0.1) is 0 Å². The minimum Gasteiger partial charge on any atom is -0.0675 e. The Morgan fingerprint density at radius 3 is 1.33 bits per heavy atom. The lowest BCUT2D eigenvalue weighted by atomic mass is 10.1. The van der Waals surface area contributed by atoms with Gasteiger partial charge in [-0.15, -0.1) is 0 Å². The monoisotopic (exact) mass is 286 g/mol. The quantitative estimate of drug-likeness (QED) is 0.676. The molecule has 0 nitrogen and oxygen atoms in total. The third kappa shape index (κ3) is 2.04. The molecule has 21 heavy (non-hydrogen) atoms. The van der Waals surface area contributed by atoms with Gasteiger partial charge in [-0.1, -0.05) is 84.2 Å². The van der Waals surface area contributed by atoms with Crippen molar-refractivity contribution >= 4 is 20.2 Å². The van der Waals surface area contributed by atoms with Crippen LogP contribution < -0.4 is 0 Å². The molecule has 2 aliphatic carbocycles. The molecule has 2 aromatic carbocycles. The molecule has 2 radical (unpaired) electrons. The molecular weight excluding hydrogens is 268 g/mol. The molecule has 2 aliphatic rings. The highest BCUT2D eigenvalue weighted by atomic mass is 28.3. The summed E-state index contributed by atoms with van der Waals surface area (Å²) in [6.45, 7) is 4.91. The van der Waals surface area contributed by atoms with Gasteiger partial charge in [-0.3, -0.25) is 0 Å². The highest BCUT2D eigenvalue weighted by Gasteiger charge is 2.35. The number of fused-ring (bicyclic) bond motifs is 2. The van der Waals surface area contributed by atoms with Crippen molar-refractivity contribution in [1.82, 2.24) is 0 Å². The first-order valence-corrected chi connectivity index (χ1v) is 10.5. The number of hydrogen-bond donors (Lipinski definition) is 0. The maximum atomic E-state index is 2.45. The molecule has 0 aromatic heterocycles. The topological polar surface area (TPSA) is 0 Å². The Hall–Kier alpha value is -1.86. The van der Waals surface area contributed by atoms with E-state index in [1.165, 1.54) is 32.6 Å². The highest BCUT2D eigenvalue weighted by molar-refractivity contribution is 6.93. The number of benzene rings is 2. The summed E-state index contributed by atoms with van der Waals surface area (Å²) >= 11 is 0. The SMILES string of the molecule is C[Si](C)(C1=Cc2ccccc2[CH]1)C1=Cc2ccccc2[CH]1. The van der Waals surface area contributed by atoms with Crippen molar-refractivity contribution in [2.24, 2.45) is 0 Å². The Balaban J connectivity index is 1.68. The van der Waals surface area contributed by atoms with Gasteiger partial charge >= 0.3 is 0 Å². The highest BCUT2D eigenvalue weighted by Crippen LogP contribution is 2.40. The number of allylic oxidation sites excluding steroid dienone is 2. The fourth-order valence-corrected chi connectivity index (χ4v) is 5.59. The van der Waals surface area contributed by atoms with E-state index in [0.29, 0.717) is 0 Å². The Morgan fingerprint density at radius 2 is 0.952 bits per heavy atom. The minimum atomic E-state index is -1.62. The van der Waals surface area contributed by atoms with Crippen LogP contribution in [0.15, 0.2) is 58.9 Å². The van der Waals surface area contributed by atoms with Crippen molar-refractivity contribution in [2.75, 3.05) is 0 Å². The summed E-state index contributed by atoms with van der Waals surface area (Å²) < 4.78 is 0. The predicted molar refractivity (Wildman–Crippen MR) is 93.1 cm³/mol. The molecule has 0 spiro atoms. The average molecular weight is 286 g/mol. The van der Waals surface area contributed by atoms with Crippen LogP contribution in [0.5, 0.6) is 0 Å². The van der Waals surface area contributed by atoms with Gasteiger partial charge in [-0.05, 0) is 22.3 Å². The van der Waals surface area contributed by atoms with E-state index >= 15 is 0 Å². The summed E-state index contributed by atoms with van der Waals surface area (Å²) in [6, 6.07) is 17.3. The van der Waals surface area contributed by atoms with E-state index in [4.69, 9.17) is 0 Å². The molecule has 0 aliphatic heterocycles. The van der Waals surface area contributed by atoms with Gasteiger partial charge in [-0.2, -0.15) is 0 Å². The van der Waals surface area contributed by atoms with Crippen LogP contribution in [-0.2, 0) is 0 Å². The van der Waals surface area contributed by atoms with E-state index in [0.717, 1.165) is 0 Å². The van der Waals surface area contributed by atoms with E-state index in [1.807, 2.05) is 0 Å². The van der Waals surface area contributed by atoms with Crippen molar-refractivity contribution < 1.29 is 0 Å². The molecule has 0 N–H and O–H groups in total. The van der Waals surface area contributed by atoms with E-state index in [2.05, 4.69) is 86.6 Å². The van der Waals surface area contributed by atoms with Crippen molar-refractivity contribution in [3.05, 3.63) is 94.0 Å². The molecule has 0 fully saturated rings. The largest absolute Gasteiger partial charge is 0.104 e. The van der Waals surface area contributed by atoms with Crippen LogP contribution in [0, 0.1) is 12.8 Å². The van der Waals surface area contributed by atoms with Crippen LogP contribution in [0.4, 0.5) is 0 Å². The van der Waals surface area contributed by atoms with E-state index in [1.54, 1.807) is 0 Å². The lowest BCUT2D eigenvalue weighted by Gasteiger charge is -2.26. The zero-order valence-corrected chi connectivity index (χ0v) is 13.4. The zero-order valence-electron chi connectivity index (χ0n) is 12.4. The van der Waals surface area contributed by atoms with Crippen molar-refractivity contribution in [2.45, 2.75) is 13.1 Å². The second kappa shape index (κ2) is 4.57. The van der Waals surface area contributed by atoms with E-state index < -0.39 is 8.07 Å². The maximum absolute atomic E-state index is 2.45. The van der Waals surface area contributed by atoms with Crippen molar-refractivity contribution in [3.8, 4) is 0 Å². The van der Waals surface area contributed by atoms with Gasteiger partial charge in [-0.25, -0.2) is 0 Å². The van der Waals surface area contributed by atoms with Crippen molar-refractivity contribution in [3.63, 3.8) is 0 Å². The fourth-order valence-electron chi connectivity index (χ4n) is 3.19. The van der Waals surface area contributed by atoms with Crippen LogP contribution in [0.25, 0.3) is 12.2 Å². The molecule has 102 valence electrons. The molecular formula is C20H18Si. The summed E-state index contributed by atoms with van der Waals surface area (Å²) in [5.74, 6) is 0. The molecule has 2 aromatic rings. The fraction of sp³-hybridized carbons (Fsp3) is 0.100. The molecule has 0 unspecified atom stereocenters. The normalized spacial score (nSPS) is 16.3. The van der Waals surface area contributed by atoms with Crippen molar-refractivity contribution in [1.29, 1.82) is 0 Å². The molecule has 0 saturated carbocycles. The van der Waals surface area contributed by atoms with Gasteiger partial charge in [0, 0.05) is 12.8 Å². The molecule has 4 rings (SSSR count). The summed E-state index contributed by atoms with van der Waals surface area (Å²) in [5.41, 5.74) is 5.46. The lowest BCUT2D eigenvalue weighted by Crippen LogP contribution is -2.31. The Kier molecular flexibility index (Phi) is 2.80. The third-order valence-corrected chi connectivity index (χ3v) is 8.14. The first-order chi connectivity index (χ1) is 10.1. The third-order valence-electron chi connectivity index (χ3n) is 4.68. The number of hydrogen-bond acceptors (Lipinski definition) is 0. The van der Waals surface area contributed by atoms with E-state index in [-0.39, 0.29) is 0 Å². The molecule has 0 atom stereocenters. The molecule has 1 heteroatoms. The van der Waals surface area contributed by atoms with Gasteiger partial charge in [0.25, 0.3) is 0 Å². The van der Waals surface area contributed by atoms with Gasteiger partial charge in [0.2, 0.25) is 0 Å². The molecule has 0 heterocycles. The lowest BCUT2D eigenvalue weighted by molar-refractivity contribution is 1.49. The van der Waals surface area contributed by atoms with Crippen LogP contribution in [0.2, 0.25) is 13.1 Å². The first kappa shape index (κ1) is 12.8. The molecule has 0 amide bonds. The van der Waals surface area contributed by atoms with Gasteiger partial charge < -0.3 is 0 Å². The second-order valence-electron chi connectivity index (χ2n) is 6.37. The Morgan fingerprint density at radius 1 is 0.571 bits per heavy atom. The maximum Gasteiger partial charge on any atom is 0.104 e. The van der Waals surface area contributed by atoms with Crippen LogP contribution in [0.3, 0.4) is 0 Å². The molecule has 0 saturated heterocycles. The zero-order chi connectivity index (χ0) is 14.4.